The Labute approximate surface area is 178 Å². The first-order valence-electron chi connectivity index (χ1n) is 11.2. The first kappa shape index (κ1) is 19.1. The van der Waals surface area contributed by atoms with Crippen LogP contribution in [0.4, 0.5) is 5.69 Å². The standard InChI is InChI=1S/C24H31N3OS/c28-24(21-9-16-29-18-21)27-14-12-26(13-15-27)23-6-5-19-7-10-25(11-8-20(19)17-23)22-3-1-2-4-22/h5-6,9,16-18,22H,1-4,7-8,10-15H2. The molecule has 0 radical (unpaired) electrons. The lowest BCUT2D eigenvalue weighted by molar-refractivity contribution is 0.0747. The van der Waals surface area contributed by atoms with Crippen LogP contribution in [0.5, 0.6) is 0 Å². The number of piperazine rings is 1. The molecule has 2 aromatic rings. The van der Waals surface area contributed by atoms with Crippen molar-refractivity contribution in [3.05, 3.63) is 51.7 Å². The lowest BCUT2D eigenvalue weighted by atomic mass is 10.0. The van der Waals surface area contributed by atoms with Gasteiger partial charge in [-0.15, -0.1) is 0 Å². The third-order valence-corrected chi connectivity index (χ3v) is 7.75. The molecule has 5 rings (SSSR count). The van der Waals surface area contributed by atoms with E-state index in [1.165, 1.54) is 57.3 Å². The van der Waals surface area contributed by atoms with Gasteiger partial charge >= 0.3 is 0 Å². The topological polar surface area (TPSA) is 26.8 Å². The number of hydrogen-bond acceptors (Lipinski definition) is 4. The minimum Gasteiger partial charge on any atom is -0.368 e. The lowest BCUT2D eigenvalue weighted by Crippen LogP contribution is -2.48. The molecule has 3 aliphatic rings. The molecule has 2 aliphatic heterocycles. The lowest BCUT2D eigenvalue weighted by Gasteiger charge is -2.36. The number of amides is 1. The van der Waals surface area contributed by atoms with Gasteiger partial charge in [0.2, 0.25) is 0 Å². The van der Waals surface area contributed by atoms with Crippen LogP contribution in [0.25, 0.3) is 0 Å². The molecule has 3 heterocycles. The zero-order chi connectivity index (χ0) is 19.6. The zero-order valence-electron chi connectivity index (χ0n) is 17.2. The zero-order valence-corrected chi connectivity index (χ0v) is 18.0. The minimum atomic E-state index is 0.180. The largest absolute Gasteiger partial charge is 0.368 e. The maximum atomic E-state index is 12.6. The number of hydrogen-bond donors (Lipinski definition) is 0. The number of benzene rings is 1. The third-order valence-electron chi connectivity index (χ3n) is 7.07. The smallest absolute Gasteiger partial charge is 0.254 e. The molecular weight excluding hydrogens is 378 g/mol. The highest BCUT2D eigenvalue weighted by Gasteiger charge is 2.26. The summed E-state index contributed by atoms with van der Waals surface area (Å²) in [7, 11) is 0. The van der Waals surface area contributed by atoms with Gasteiger partial charge in [0.05, 0.1) is 5.56 Å². The molecule has 0 spiro atoms. The number of thiophene rings is 1. The summed E-state index contributed by atoms with van der Waals surface area (Å²) in [6.45, 7) is 5.89. The summed E-state index contributed by atoms with van der Waals surface area (Å²) >= 11 is 1.59. The molecule has 2 fully saturated rings. The van der Waals surface area contributed by atoms with Crippen LogP contribution >= 0.6 is 11.3 Å². The number of carbonyl (C=O) groups is 1. The van der Waals surface area contributed by atoms with E-state index in [4.69, 9.17) is 0 Å². The molecule has 0 N–H and O–H groups in total. The molecule has 1 amide bonds. The van der Waals surface area contributed by atoms with Gasteiger partial charge in [-0.05, 0) is 60.4 Å². The third kappa shape index (κ3) is 4.08. The van der Waals surface area contributed by atoms with Crippen LogP contribution in [0, 0.1) is 0 Å². The molecule has 0 bridgehead atoms. The monoisotopic (exact) mass is 409 g/mol. The van der Waals surface area contributed by atoms with Crippen molar-refractivity contribution in [2.24, 2.45) is 0 Å². The average molecular weight is 410 g/mol. The Morgan fingerprint density at radius 1 is 0.897 bits per heavy atom. The van der Waals surface area contributed by atoms with Crippen LogP contribution < -0.4 is 4.90 Å². The van der Waals surface area contributed by atoms with Crippen LogP contribution in [-0.4, -0.2) is 61.0 Å². The first-order chi connectivity index (χ1) is 14.3. The Morgan fingerprint density at radius 3 is 2.38 bits per heavy atom. The highest BCUT2D eigenvalue weighted by molar-refractivity contribution is 7.08. The van der Waals surface area contributed by atoms with Crippen molar-refractivity contribution in [3.8, 4) is 0 Å². The van der Waals surface area contributed by atoms with Crippen molar-refractivity contribution in [1.82, 2.24) is 9.80 Å². The molecule has 1 aromatic heterocycles. The molecule has 0 unspecified atom stereocenters. The molecule has 29 heavy (non-hydrogen) atoms. The Morgan fingerprint density at radius 2 is 1.66 bits per heavy atom. The van der Waals surface area contributed by atoms with E-state index in [0.717, 1.165) is 37.8 Å². The average Bonchev–Trinajstić information content (AvgIpc) is 3.45. The van der Waals surface area contributed by atoms with Gasteiger partial charge in [0.25, 0.3) is 5.91 Å². The second kappa shape index (κ2) is 8.49. The second-order valence-electron chi connectivity index (χ2n) is 8.72. The van der Waals surface area contributed by atoms with E-state index in [0.29, 0.717) is 0 Å². The van der Waals surface area contributed by atoms with E-state index in [2.05, 4.69) is 28.0 Å². The van der Waals surface area contributed by atoms with E-state index in [1.54, 1.807) is 22.5 Å². The van der Waals surface area contributed by atoms with Gasteiger partial charge < -0.3 is 9.80 Å². The van der Waals surface area contributed by atoms with Crippen molar-refractivity contribution in [1.29, 1.82) is 0 Å². The fraction of sp³-hybridized carbons (Fsp3) is 0.542. The van der Waals surface area contributed by atoms with Gasteiger partial charge in [-0.3, -0.25) is 9.69 Å². The van der Waals surface area contributed by atoms with Crippen LogP contribution in [0.1, 0.15) is 47.2 Å². The predicted octanol–water partition coefficient (Wildman–Crippen LogP) is 4.05. The number of carbonyl (C=O) groups excluding carboxylic acids is 1. The quantitative estimate of drug-likeness (QED) is 0.765. The minimum absolute atomic E-state index is 0.180. The van der Waals surface area contributed by atoms with Gasteiger partial charge in [-0.2, -0.15) is 11.3 Å². The molecule has 1 saturated heterocycles. The van der Waals surface area contributed by atoms with Gasteiger partial charge in [0.1, 0.15) is 0 Å². The van der Waals surface area contributed by atoms with E-state index in [1.807, 2.05) is 21.7 Å². The highest BCUT2D eigenvalue weighted by atomic mass is 32.1. The normalized spacial score (nSPS) is 21.2. The van der Waals surface area contributed by atoms with E-state index >= 15 is 0 Å². The van der Waals surface area contributed by atoms with E-state index in [9.17, 15) is 4.79 Å². The van der Waals surface area contributed by atoms with Crippen LogP contribution in [0.3, 0.4) is 0 Å². The van der Waals surface area contributed by atoms with Gasteiger partial charge in [-0.1, -0.05) is 18.9 Å². The number of nitrogens with zero attached hydrogens (tertiary/aromatic N) is 3. The highest BCUT2D eigenvalue weighted by Crippen LogP contribution is 2.28. The fourth-order valence-corrected chi connectivity index (χ4v) is 5.93. The molecule has 1 saturated carbocycles. The van der Waals surface area contributed by atoms with Crippen molar-refractivity contribution in [2.45, 2.75) is 44.6 Å². The van der Waals surface area contributed by atoms with Gasteiger partial charge in [0, 0.05) is 56.4 Å². The maximum Gasteiger partial charge on any atom is 0.254 e. The van der Waals surface area contributed by atoms with Crippen molar-refractivity contribution in [2.75, 3.05) is 44.2 Å². The molecule has 5 heteroatoms. The van der Waals surface area contributed by atoms with Crippen molar-refractivity contribution < 1.29 is 4.79 Å². The number of rotatable bonds is 3. The molecule has 1 aromatic carbocycles. The number of fused-ring (bicyclic) bond motifs is 1. The summed E-state index contributed by atoms with van der Waals surface area (Å²) in [5, 5.41) is 3.93. The van der Waals surface area contributed by atoms with Crippen LogP contribution in [0.15, 0.2) is 35.0 Å². The molecule has 4 nitrogen and oxygen atoms in total. The van der Waals surface area contributed by atoms with Crippen LogP contribution in [-0.2, 0) is 12.8 Å². The van der Waals surface area contributed by atoms with Gasteiger partial charge in [-0.25, -0.2) is 0 Å². The van der Waals surface area contributed by atoms with E-state index in [-0.39, 0.29) is 5.91 Å². The Balaban J connectivity index is 1.22. The maximum absolute atomic E-state index is 12.6. The van der Waals surface area contributed by atoms with E-state index < -0.39 is 0 Å². The summed E-state index contributed by atoms with van der Waals surface area (Å²) in [4.78, 5) is 19.8. The fourth-order valence-electron chi connectivity index (χ4n) is 5.30. The van der Waals surface area contributed by atoms with Crippen molar-refractivity contribution >= 4 is 22.9 Å². The Hall–Kier alpha value is -1.85. The van der Waals surface area contributed by atoms with Crippen LogP contribution in [0.2, 0.25) is 0 Å². The summed E-state index contributed by atoms with van der Waals surface area (Å²) in [6, 6.07) is 9.87. The van der Waals surface area contributed by atoms with Gasteiger partial charge in [0.15, 0.2) is 0 Å². The second-order valence-corrected chi connectivity index (χ2v) is 9.50. The SMILES string of the molecule is O=C(c1ccsc1)N1CCN(c2ccc3c(c2)CCN(C2CCCC2)CC3)CC1. The Kier molecular flexibility index (Phi) is 5.60. The summed E-state index contributed by atoms with van der Waals surface area (Å²) in [6.07, 6.45) is 8.00. The predicted molar refractivity (Wildman–Crippen MR) is 120 cm³/mol. The summed E-state index contributed by atoms with van der Waals surface area (Å²) in [5.41, 5.74) is 5.25. The number of anilines is 1. The first-order valence-corrected chi connectivity index (χ1v) is 12.1. The molecule has 0 atom stereocenters. The molecular formula is C24H31N3OS. The van der Waals surface area contributed by atoms with Crippen molar-refractivity contribution in [3.63, 3.8) is 0 Å². The summed E-state index contributed by atoms with van der Waals surface area (Å²) in [5.74, 6) is 0.180. The Bertz CT molecular complexity index is 836. The molecule has 154 valence electrons. The summed E-state index contributed by atoms with van der Waals surface area (Å²) < 4.78 is 0. The molecule has 1 aliphatic carbocycles.